The van der Waals surface area contributed by atoms with Gasteiger partial charge in [-0.25, -0.2) is 0 Å². The average Bonchev–Trinajstić information content (AvgIpc) is 3.79. The number of halogens is 1. The van der Waals surface area contributed by atoms with Gasteiger partial charge in [0.15, 0.2) is 0 Å². The molecule has 12 heteroatoms. The van der Waals surface area contributed by atoms with E-state index in [-0.39, 0.29) is 50.4 Å². The van der Waals surface area contributed by atoms with Gasteiger partial charge in [0, 0.05) is 33.2 Å². The van der Waals surface area contributed by atoms with Gasteiger partial charge < -0.3 is 34.4 Å². The normalized spacial score (nSPS) is 24.2. The molecule has 0 aliphatic carbocycles. The first kappa shape index (κ1) is 39.2. The van der Waals surface area contributed by atoms with Crippen molar-refractivity contribution in [2.24, 2.45) is 11.8 Å². The van der Waals surface area contributed by atoms with E-state index >= 15 is 0 Å². The van der Waals surface area contributed by atoms with Crippen molar-refractivity contribution < 1.29 is 38.5 Å². The van der Waals surface area contributed by atoms with Crippen molar-refractivity contribution in [1.82, 2.24) is 10.2 Å². The number of hydrogen-bond acceptors (Lipinski definition) is 8. The molecule has 3 aliphatic rings. The number of nitrogens with one attached hydrogen (secondary N) is 1. The molecule has 0 aromatic heterocycles. The molecule has 2 N–H and O–H groups in total. The van der Waals surface area contributed by atoms with Crippen LogP contribution in [0.1, 0.15) is 63.0 Å². The fourth-order valence-corrected chi connectivity index (χ4v) is 8.31. The zero-order valence-corrected chi connectivity index (χ0v) is 30.5. The Labute approximate surface area is 310 Å². The van der Waals surface area contributed by atoms with E-state index in [1.54, 1.807) is 41.3 Å². The molecule has 3 heterocycles. The number of para-hydroxylation sites is 1. The topological polar surface area (TPSA) is 135 Å². The number of nitrogens with zero attached hydrogens (tertiary/aromatic N) is 2. The zero-order valence-electron chi connectivity index (χ0n) is 29.8. The quantitative estimate of drug-likeness (QED) is 0.108. The smallest absolute Gasteiger partial charge is 0.313 e. The first-order valence-corrected chi connectivity index (χ1v) is 18.5. The summed E-state index contributed by atoms with van der Waals surface area (Å²) in [5.41, 5.74) is -0.130. The van der Waals surface area contributed by atoms with Crippen LogP contribution >= 0.6 is 11.6 Å². The van der Waals surface area contributed by atoms with Crippen LogP contribution in [-0.4, -0.2) is 90.9 Å². The first-order valence-electron chi connectivity index (χ1n) is 18.1. The maximum absolute atomic E-state index is 14.8. The SMILES string of the molecule is C=CCCC(=O)N[C@@H](COC)[C@@H](OC(=O)[C@@H]1[C@H]2C(=O)N(CCCCCCO)[C@H](C(=O)N(CC=C)c3ccccc3Cl)[C@]23CC[C@H]1O3)c1ccccc1. The predicted molar refractivity (Wildman–Crippen MR) is 197 cm³/mol. The Bertz CT molecular complexity index is 1590. The van der Waals surface area contributed by atoms with E-state index in [0.29, 0.717) is 48.4 Å². The standard InChI is InChI=1S/C40H50ClN3O8/c1-4-6-20-32(46)42-29(26-50-3)35(27-16-10-9-11-17-27)51-39(49)33-31-21-22-40(52-31)34(33)37(47)44(24-14-7-8-15-25-45)36(40)38(48)43(23-5-2)30-19-13-12-18-28(30)41/h4-5,9-13,16-19,29,31,33-36,45H,1-2,6-8,14-15,20-26H2,3H3,(H,42,46)/t29-,31+,33-,34-,35-,36+,40-/m0/s1. The second kappa shape index (κ2) is 18.1. The number of amides is 3. The highest BCUT2D eigenvalue weighted by molar-refractivity contribution is 6.34. The van der Waals surface area contributed by atoms with E-state index in [2.05, 4.69) is 18.5 Å². The highest BCUT2D eigenvalue weighted by atomic mass is 35.5. The second-order valence-corrected chi connectivity index (χ2v) is 14.0. The number of aliphatic hydroxyl groups is 1. The Hall–Kier alpha value is -4.03. The molecule has 7 atom stereocenters. The Morgan fingerprint density at radius 1 is 1.10 bits per heavy atom. The van der Waals surface area contributed by atoms with E-state index in [4.69, 9.17) is 25.8 Å². The summed E-state index contributed by atoms with van der Waals surface area (Å²) >= 11 is 6.60. The summed E-state index contributed by atoms with van der Waals surface area (Å²) in [5.74, 6) is -3.50. The van der Waals surface area contributed by atoms with Crippen molar-refractivity contribution in [3.63, 3.8) is 0 Å². The number of aliphatic hydroxyl groups excluding tert-OH is 1. The second-order valence-electron chi connectivity index (χ2n) is 13.6. The number of ether oxygens (including phenoxy) is 3. The van der Waals surface area contributed by atoms with Crippen molar-refractivity contribution in [3.8, 4) is 0 Å². The van der Waals surface area contributed by atoms with Gasteiger partial charge in [0.05, 0.1) is 41.3 Å². The molecule has 52 heavy (non-hydrogen) atoms. The fraction of sp³-hybridized carbons (Fsp3) is 0.500. The van der Waals surface area contributed by atoms with Crippen molar-refractivity contribution in [2.45, 2.75) is 81.3 Å². The number of benzene rings is 2. The molecule has 3 amide bonds. The average molecular weight is 736 g/mol. The number of methoxy groups -OCH3 is 1. The molecule has 2 aromatic carbocycles. The van der Waals surface area contributed by atoms with Crippen LogP contribution in [-0.2, 0) is 33.4 Å². The summed E-state index contributed by atoms with van der Waals surface area (Å²) in [7, 11) is 1.51. The fourth-order valence-electron chi connectivity index (χ4n) is 8.07. The summed E-state index contributed by atoms with van der Waals surface area (Å²) < 4.78 is 18.5. The minimum absolute atomic E-state index is 0.0609. The maximum atomic E-state index is 14.8. The molecule has 11 nitrogen and oxygen atoms in total. The summed E-state index contributed by atoms with van der Waals surface area (Å²) in [4.78, 5) is 60.0. The minimum Gasteiger partial charge on any atom is -0.455 e. The van der Waals surface area contributed by atoms with Gasteiger partial charge >= 0.3 is 5.97 Å². The molecule has 3 fully saturated rings. The Kier molecular flexibility index (Phi) is 13.7. The molecule has 2 bridgehead atoms. The van der Waals surface area contributed by atoms with Crippen LogP contribution in [0.15, 0.2) is 79.9 Å². The lowest BCUT2D eigenvalue weighted by atomic mass is 9.70. The molecule has 2 aromatic rings. The summed E-state index contributed by atoms with van der Waals surface area (Å²) in [5, 5.41) is 12.6. The number of fused-ring (bicyclic) bond motifs is 1. The number of anilines is 1. The van der Waals surface area contributed by atoms with Gasteiger partial charge in [0.1, 0.15) is 17.7 Å². The molecule has 0 radical (unpaired) electrons. The van der Waals surface area contributed by atoms with Gasteiger partial charge in [-0.1, -0.05) is 79.1 Å². The van der Waals surface area contributed by atoms with E-state index in [9.17, 15) is 24.3 Å². The van der Waals surface area contributed by atoms with E-state index in [1.165, 1.54) is 12.0 Å². The Morgan fingerprint density at radius 2 is 1.83 bits per heavy atom. The monoisotopic (exact) mass is 735 g/mol. The van der Waals surface area contributed by atoms with E-state index in [0.717, 1.165) is 12.8 Å². The molecular formula is C40H50ClN3O8. The van der Waals surface area contributed by atoms with Gasteiger partial charge in [0.25, 0.3) is 5.91 Å². The first-order chi connectivity index (χ1) is 25.2. The number of likely N-dealkylation sites (tertiary alicyclic amines) is 1. The third-order valence-electron chi connectivity index (χ3n) is 10.3. The summed E-state index contributed by atoms with van der Waals surface area (Å²) in [6, 6.07) is 14.4. The third kappa shape index (κ3) is 8.12. The van der Waals surface area contributed by atoms with Gasteiger partial charge in [-0.15, -0.1) is 13.2 Å². The van der Waals surface area contributed by atoms with Gasteiger partial charge in [0.2, 0.25) is 11.8 Å². The number of esters is 1. The molecule has 3 saturated heterocycles. The molecular weight excluding hydrogens is 686 g/mol. The lowest BCUT2D eigenvalue weighted by Crippen LogP contribution is -2.56. The third-order valence-corrected chi connectivity index (χ3v) is 10.7. The van der Waals surface area contributed by atoms with Gasteiger partial charge in [-0.05, 0) is 49.8 Å². The van der Waals surface area contributed by atoms with Crippen LogP contribution in [0, 0.1) is 11.8 Å². The zero-order chi connectivity index (χ0) is 37.3. The van der Waals surface area contributed by atoms with Crippen LogP contribution in [0.3, 0.4) is 0 Å². The predicted octanol–water partition coefficient (Wildman–Crippen LogP) is 5.17. The van der Waals surface area contributed by atoms with Crippen LogP contribution in [0.5, 0.6) is 0 Å². The van der Waals surface area contributed by atoms with Gasteiger partial charge in [-0.2, -0.15) is 0 Å². The molecule has 0 unspecified atom stereocenters. The highest BCUT2D eigenvalue weighted by Gasteiger charge is 2.75. The molecule has 1 spiro atoms. The molecule has 0 saturated carbocycles. The number of allylic oxidation sites excluding steroid dienone is 1. The van der Waals surface area contributed by atoms with Gasteiger partial charge in [-0.3, -0.25) is 19.2 Å². The molecule has 5 rings (SSSR count). The van der Waals surface area contributed by atoms with Crippen molar-refractivity contribution in [2.75, 3.05) is 38.3 Å². The highest BCUT2D eigenvalue weighted by Crippen LogP contribution is 2.59. The lowest BCUT2D eigenvalue weighted by Gasteiger charge is -2.37. The largest absolute Gasteiger partial charge is 0.455 e. The van der Waals surface area contributed by atoms with Crippen LogP contribution < -0.4 is 10.2 Å². The van der Waals surface area contributed by atoms with Crippen molar-refractivity contribution in [3.05, 3.63) is 90.5 Å². The molecule has 3 aliphatic heterocycles. The van der Waals surface area contributed by atoms with E-state index in [1.807, 2.05) is 30.3 Å². The van der Waals surface area contributed by atoms with Crippen LogP contribution in [0.4, 0.5) is 5.69 Å². The number of carbonyl (C=O) groups is 4. The van der Waals surface area contributed by atoms with Crippen molar-refractivity contribution in [1.29, 1.82) is 0 Å². The van der Waals surface area contributed by atoms with Crippen LogP contribution in [0.2, 0.25) is 5.02 Å². The Morgan fingerprint density at radius 3 is 2.52 bits per heavy atom. The van der Waals surface area contributed by atoms with Crippen molar-refractivity contribution >= 4 is 41.0 Å². The number of rotatable bonds is 20. The van der Waals surface area contributed by atoms with E-state index < -0.39 is 47.7 Å². The minimum atomic E-state index is -1.26. The lowest BCUT2D eigenvalue weighted by molar-refractivity contribution is -0.163. The number of unbranched alkanes of at least 4 members (excludes halogenated alkanes) is 3. The number of carbonyl (C=O) groups excluding carboxylic acids is 4. The number of hydrogen-bond donors (Lipinski definition) is 2. The maximum Gasteiger partial charge on any atom is 0.313 e. The summed E-state index contributed by atoms with van der Waals surface area (Å²) in [6.45, 7) is 8.12. The van der Waals surface area contributed by atoms with Crippen LogP contribution in [0.25, 0.3) is 0 Å². The molecule has 280 valence electrons. The Balaban J connectivity index is 1.49. The summed E-state index contributed by atoms with van der Waals surface area (Å²) in [6.07, 6.45) is 6.01.